The van der Waals surface area contributed by atoms with E-state index in [2.05, 4.69) is 21.0 Å². The molecule has 4 N–H and O–H groups in total. The van der Waals surface area contributed by atoms with Gasteiger partial charge < -0.3 is 30.7 Å². The van der Waals surface area contributed by atoms with Crippen LogP contribution in [-0.4, -0.2) is 69.4 Å². The zero-order valence-corrected chi connectivity index (χ0v) is 24.3. The number of alkyl halides is 3. The largest absolute Gasteiger partial charge is 0.493 e. The van der Waals surface area contributed by atoms with Crippen molar-refractivity contribution in [2.45, 2.75) is 88.9 Å². The number of ether oxygens (including phenoxy) is 1. The lowest BCUT2D eigenvalue weighted by Crippen LogP contribution is -2.52. The van der Waals surface area contributed by atoms with Crippen molar-refractivity contribution in [3.8, 4) is 5.75 Å². The van der Waals surface area contributed by atoms with E-state index in [1.807, 2.05) is 13.8 Å². The van der Waals surface area contributed by atoms with E-state index in [-0.39, 0.29) is 17.9 Å². The molecule has 0 radical (unpaired) electrons. The molecule has 13 heteroatoms. The minimum Gasteiger partial charge on any atom is -0.493 e. The number of anilines is 1. The van der Waals surface area contributed by atoms with Crippen molar-refractivity contribution >= 4 is 17.6 Å². The van der Waals surface area contributed by atoms with Gasteiger partial charge in [-0.25, -0.2) is 4.79 Å². The summed E-state index contributed by atoms with van der Waals surface area (Å²) in [5.74, 6) is 1.15. The normalized spacial score (nSPS) is 23.8. The van der Waals surface area contributed by atoms with Gasteiger partial charge in [-0.1, -0.05) is 6.07 Å². The van der Waals surface area contributed by atoms with Crippen LogP contribution >= 0.6 is 0 Å². The van der Waals surface area contributed by atoms with E-state index in [0.717, 1.165) is 25.7 Å². The van der Waals surface area contributed by atoms with Gasteiger partial charge in [-0.15, -0.1) is 0 Å². The van der Waals surface area contributed by atoms with Crippen LogP contribution in [0.25, 0.3) is 0 Å². The Hall–Kier alpha value is -3.48. The van der Waals surface area contributed by atoms with E-state index < -0.39 is 43.1 Å². The van der Waals surface area contributed by atoms with E-state index in [0.29, 0.717) is 54.0 Å². The van der Waals surface area contributed by atoms with E-state index in [1.165, 1.54) is 4.90 Å². The number of hydrogen-bond donors (Lipinski definition) is 4. The number of aromatic nitrogens is 2. The molecule has 0 spiro atoms. The lowest BCUT2D eigenvalue weighted by atomic mass is 9.88. The molecule has 4 atom stereocenters. The highest BCUT2D eigenvalue weighted by atomic mass is 19.4. The number of hydrogen-bond acceptors (Lipinski definition) is 6. The first-order valence-electron chi connectivity index (χ1n) is 15.2. The molecule has 2 unspecified atom stereocenters. The van der Waals surface area contributed by atoms with E-state index in [1.54, 1.807) is 35.1 Å². The average Bonchev–Trinajstić information content (AvgIpc) is 3.88. The number of urea groups is 1. The highest BCUT2D eigenvalue weighted by molar-refractivity contribution is 5.92. The molecule has 3 fully saturated rings. The van der Waals surface area contributed by atoms with Gasteiger partial charge in [-0.05, 0) is 82.3 Å². The number of aliphatic hydroxyl groups excluding tert-OH is 1. The molecule has 234 valence electrons. The van der Waals surface area contributed by atoms with Gasteiger partial charge in [0.15, 0.2) is 0 Å². The predicted octanol–water partition coefficient (Wildman–Crippen LogP) is 4.60. The van der Waals surface area contributed by atoms with Crippen molar-refractivity contribution < 1.29 is 32.6 Å². The Balaban J connectivity index is 1.22. The third-order valence-electron chi connectivity index (χ3n) is 9.05. The minimum atomic E-state index is -4.53. The number of rotatable bonds is 10. The highest BCUT2D eigenvalue weighted by Gasteiger charge is 2.50. The van der Waals surface area contributed by atoms with Gasteiger partial charge in [0.2, 0.25) is 0 Å². The number of carbonyl (C=O) groups is 2. The van der Waals surface area contributed by atoms with E-state index in [9.17, 15) is 27.9 Å². The Bertz CT molecular complexity index is 1330. The standard InChI is InChI=1S/C30H39F3N6O4/c1-16(2)39-22(11-12-34-39)27(40)37-26(25(17-5-6-17)18-7-8-18)28(41)35-19-9-10-20-21(4-3-13-43-23(20)14-19)38-15-24(30(31,32)33)36-29(38)42/h9-12,14,16-18,21,24-26,28,35,41H,3-8,13,15H2,1-2H3,(H,36,42)(H,37,40)/t21?,24-,26-,28?/m0/s1. The van der Waals surface area contributed by atoms with Gasteiger partial charge in [0.1, 0.15) is 23.7 Å². The SMILES string of the molecule is CC(C)n1nccc1C(=O)N[C@H](C(O)Nc1ccc2c(c1)OCCCC2N1C[C@@H](C(F)(F)F)NC1=O)C(C1CC1)C1CC1. The van der Waals surface area contributed by atoms with E-state index >= 15 is 0 Å². The van der Waals surface area contributed by atoms with Crippen molar-refractivity contribution in [2.24, 2.45) is 17.8 Å². The molecule has 1 aromatic heterocycles. The lowest BCUT2D eigenvalue weighted by molar-refractivity contribution is -0.150. The van der Waals surface area contributed by atoms with Gasteiger partial charge in [0, 0.05) is 29.6 Å². The van der Waals surface area contributed by atoms with Crippen molar-refractivity contribution in [1.29, 1.82) is 0 Å². The number of fused-ring (bicyclic) bond motifs is 1. The third-order valence-corrected chi connectivity index (χ3v) is 9.05. The van der Waals surface area contributed by atoms with Crippen LogP contribution in [0.5, 0.6) is 5.75 Å². The van der Waals surface area contributed by atoms with Crippen LogP contribution in [-0.2, 0) is 0 Å². The Morgan fingerprint density at radius 1 is 1.14 bits per heavy atom. The Morgan fingerprint density at radius 2 is 1.86 bits per heavy atom. The average molecular weight is 605 g/mol. The molecule has 2 saturated carbocycles. The Morgan fingerprint density at radius 3 is 2.49 bits per heavy atom. The fraction of sp³-hybridized carbons (Fsp3) is 0.633. The number of carbonyl (C=O) groups excluding carboxylic acids is 2. The second-order valence-electron chi connectivity index (χ2n) is 12.6. The van der Waals surface area contributed by atoms with Crippen LogP contribution in [0.15, 0.2) is 30.5 Å². The number of benzene rings is 1. The summed E-state index contributed by atoms with van der Waals surface area (Å²) in [5.41, 5.74) is 1.60. The molecule has 3 amide bonds. The Kier molecular flexibility index (Phi) is 7.95. The summed E-state index contributed by atoms with van der Waals surface area (Å²) in [7, 11) is 0. The molecular formula is C30H39F3N6O4. The van der Waals surface area contributed by atoms with Gasteiger partial charge in [-0.3, -0.25) is 9.48 Å². The van der Waals surface area contributed by atoms with E-state index in [4.69, 9.17) is 4.74 Å². The predicted molar refractivity (Wildman–Crippen MR) is 151 cm³/mol. The first-order valence-corrected chi connectivity index (χ1v) is 15.2. The smallest absolute Gasteiger partial charge is 0.410 e. The molecule has 2 aliphatic carbocycles. The summed E-state index contributed by atoms with van der Waals surface area (Å²) in [6, 6.07) is 3.06. The quantitative estimate of drug-likeness (QED) is 0.295. The zero-order chi connectivity index (χ0) is 30.5. The zero-order valence-electron chi connectivity index (χ0n) is 24.3. The van der Waals surface area contributed by atoms with Crippen LogP contribution < -0.4 is 20.7 Å². The molecule has 0 bridgehead atoms. The highest BCUT2D eigenvalue weighted by Crippen LogP contribution is 2.51. The Labute approximate surface area is 248 Å². The molecule has 3 heterocycles. The molecule has 4 aliphatic rings. The van der Waals surface area contributed by atoms with Crippen molar-refractivity contribution in [3.63, 3.8) is 0 Å². The van der Waals surface area contributed by atoms with Crippen LogP contribution in [0.3, 0.4) is 0 Å². The topological polar surface area (TPSA) is 121 Å². The van der Waals surface area contributed by atoms with Crippen molar-refractivity contribution in [1.82, 2.24) is 25.3 Å². The number of nitrogens with one attached hydrogen (secondary N) is 3. The maximum atomic E-state index is 13.5. The molecule has 43 heavy (non-hydrogen) atoms. The van der Waals surface area contributed by atoms with Crippen LogP contribution in [0, 0.1) is 17.8 Å². The van der Waals surface area contributed by atoms with Crippen LogP contribution in [0.2, 0.25) is 0 Å². The van der Waals surface area contributed by atoms with Gasteiger partial charge in [0.05, 0.1) is 25.2 Å². The summed E-state index contributed by atoms with van der Waals surface area (Å²) >= 11 is 0. The molecule has 2 aromatic rings. The number of amides is 3. The summed E-state index contributed by atoms with van der Waals surface area (Å²) in [6.45, 7) is 3.78. The van der Waals surface area contributed by atoms with Gasteiger partial charge >= 0.3 is 12.2 Å². The number of halogens is 3. The molecular weight excluding hydrogens is 565 g/mol. The molecule has 2 aliphatic heterocycles. The summed E-state index contributed by atoms with van der Waals surface area (Å²) in [6.07, 6.45) is 1.25. The summed E-state index contributed by atoms with van der Waals surface area (Å²) in [5, 5.41) is 24.2. The maximum Gasteiger partial charge on any atom is 0.410 e. The number of aliphatic hydroxyl groups is 1. The molecule has 6 rings (SSSR count). The van der Waals surface area contributed by atoms with Crippen LogP contribution in [0.1, 0.15) is 80.5 Å². The van der Waals surface area contributed by atoms with Crippen molar-refractivity contribution in [2.75, 3.05) is 18.5 Å². The third kappa shape index (κ3) is 6.27. The number of nitrogens with zero attached hydrogens (tertiary/aromatic N) is 3. The van der Waals surface area contributed by atoms with Crippen molar-refractivity contribution in [3.05, 3.63) is 41.7 Å². The first kappa shape index (κ1) is 29.6. The molecule has 10 nitrogen and oxygen atoms in total. The fourth-order valence-electron chi connectivity index (χ4n) is 6.68. The summed E-state index contributed by atoms with van der Waals surface area (Å²) in [4.78, 5) is 27.2. The molecule has 1 aromatic carbocycles. The second kappa shape index (κ2) is 11.5. The van der Waals surface area contributed by atoms with Gasteiger partial charge in [-0.2, -0.15) is 18.3 Å². The maximum absolute atomic E-state index is 13.5. The fourth-order valence-corrected chi connectivity index (χ4v) is 6.68. The minimum absolute atomic E-state index is 0.00528. The monoisotopic (exact) mass is 604 g/mol. The molecule has 1 saturated heterocycles. The summed E-state index contributed by atoms with van der Waals surface area (Å²) < 4.78 is 47.6. The second-order valence-corrected chi connectivity index (χ2v) is 12.6. The first-order chi connectivity index (χ1) is 20.5. The lowest BCUT2D eigenvalue weighted by Gasteiger charge is -2.33. The van der Waals surface area contributed by atoms with Crippen LogP contribution in [0.4, 0.5) is 23.7 Å². The van der Waals surface area contributed by atoms with Gasteiger partial charge in [0.25, 0.3) is 5.91 Å².